The lowest BCUT2D eigenvalue weighted by molar-refractivity contribution is -0.118. The molecule has 3 amide bonds. The molecular formula is C29H28N4O3. The molecule has 1 unspecified atom stereocenters. The molecule has 0 aromatic heterocycles. The van der Waals surface area contributed by atoms with Crippen LogP contribution < -0.4 is 26.4 Å². The van der Waals surface area contributed by atoms with Crippen LogP contribution in [0.1, 0.15) is 22.7 Å². The molecule has 0 radical (unpaired) electrons. The van der Waals surface area contributed by atoms with E-state index in [-0.39, 0.29) is 5.91 Å². The second-order valence-electron chi connectivity index (χ2n) is 8.13. The van der Waals surface area contributed by atoms with Crippen molar-refractivity contribution < 1.29 is 14.3 Å². The Hall–Kier alpha value is -4.62. The molecule has 0 spiro atoms. The summed E-state index contributed by atoms with van der Waals surface area (Å²) in [6.45, 7) is 0.875. The van der Waals surface area contributed by atoms with Crippen molar-refractivity contribution in [2.45, 2.75) is 19.2 Å². The molecule has 4 aromatic rings. The zero-order valence-electron chi connectivity index (χ0n) is 19.7. The first-order chi connectivity index (χ1) is 17.6. The molecule has 4 aromatic carbocycles. The fourth-order valence-corrected chi connectivity index (χ4v) is 3.56. The number of nitrogens with one attached hydrogen (secondary N) is 3. The predicted molar refractivity (Wildman–Crippen MR) is 142 cm³/mol. The molecule has 0 aliphatic rings. The first-order valence-electron chi connectivity index (χ1n) is 11.6. The second-order valence-corrected chi connectivity index (χ2v) is 8.13. The highest BCUT2D eigenvalue weighted by molar-refractivity contribution is 5.99. The lowest BCUT2D eigenvalue weighted by Gasteiger charge is -2.19. The highest BCUT2D eigenvalue weighted by atomic mass is 16.5. The van der Waals surface area contributed by atoms with E-state index in [1.165, 1.54) is 0 Å². The van der Waals surface area contributed by atoms with Gasteiger partial charge in [0.2, 0.25) is 0 Å². The van der Waals surface area contributed by atoms with Crippen LogP contribution in [0.2, 0.25) is 0 Å². The summed E-state index contributed by atoms with van der Waals surface area (Å²) >= 11 is 0. The van der Waals surface area contributed by atoms with Crippen molar-refractivity contribution in [3.63, 3.8) is 0 Å². The largest absolute Gasteiger partial charge is 0.489 e. The second kappa shape index (κ2) is 12.2. The average molecular weight is 481 g/mol. The van der Waals surface area contributed by atoms with E-state index in [1.54, 1.807) is 48.5 Å². The van der Waals surface area contributed by atoms with Crippen LogP contribution in [0.5, 0.6) is 5.75 Å². The summed E-state index contributed by atoms with van der Waals surface area (Å²) in [4.78, 5) is 25.9. The Balaban J connectivity index is 1.38. The maximum Gasteiger partial charge on any atom is 0.320 e. The molecule has 7 nitrogen and oxygen atoms in total. The first-order valence-corrected chi connectivity index (χ1v) is 11.6. The van der Waals surface area contributed by atoms with Crippen LogP contribution in [0.15, 0.2) is 109 Å². The quantitative estimate of drug-likeness (QED) is 0.263. The van der Waals surface area contributed by atoms with Gasteiger partial charge in [0.15, 0.2) is 0 Å². The molecule has 1 atom stereocenters. The van der Waals surface area contributed by atoms with Crippen molar-refractivity contribution in [3.05, 3.63) is 126 Å². The topological polar surface area (TPSA) is 105 Å². The molecule has 0 aliphatic heterocycles. The number of ether oxygens (including phenoxy) is 1. The van der Waals surface area contributed by atoms with Gasteiger partial charge < -0.3 is 26.4 Å². The fourth-order valence-electron chi connectivity index (χ4n) is 3.56. The summed E-state index contributed by atoms with van der Waals surface area (Å²) < 4.78 is 5.79. The Bertz CT molecular complexity index is 1260. The van der Waals surface area contributed by atoms with Gasteiger partial charge in [0.25, 0.3) is 5.91 Å². The number of hydrogen-bond acceptors (Lipinski definition) is 4. The summed E-state index contributed by atoms with van der Waals surface area (Å²) in [6, 6.07) is 31.9. The summed E-state index contributed by atoms with van der Waals surface area (Å²) in [5.41, 5.74) is 9.52. The highest BCUT2D eigenvalue weighted by Gasteiger charge is 2.23. The van der Waals surface area contributed by atoms with E-state index >= 15 is 0 Å². The van der Waals surface area contributed by atoms with E-state index in [2.05, 4.69) is 16.0 Å². The Labute approximate surface area is 210 Å². The molecule has 182 valence electrons. The Morgan fingerprint density at radius 1 is 0.694 bits per heavy atom. The Morgan fingerprint density at radius 2 is 1.28 bits per heavy atom. The minimum absolute atomic E-state index is 0.360. The van der Waals surface area contributed by atoms with Crippen LogP contribution in [0, 0.1) is 0 Å². The van der Waals surface area contributed by atoms with Gasteiger partial charge in [-0.25, -0.2) is 4.79 Å². The molecule has 0 heterocycles. The van der Waals surface area contributed by atoms with Gasteiger partial charge in [0.05, 0.1) is 0 Å². The third kappa shape index (κ3) is 6.94. The minimum Gasteiger partial charge on any atom is -0.489 e. The Kier molecular flexibility index (Phi) is 8.30. The zero-order chi connectivity index (χ0) is 25.2. The summed E-state index contributed by atoms with van der Waals surface area (Å²) in [6.07, 6.45) is 0. The number of nitrogens with two attached hydrogens (primary N) is 1. The van der Waals surface area contributed by atoms with Crippen LogP contribution in [0.3, 0.4) is 0 Å². The number of urea groups is 1. The predicted octanol–water partition coefficient (Wildman–Crippen LogP) is 5.23. The van der Waals surface area contributed by atoms with E-state index in [4.69, 9.17) is 10.5 Å². The van der Waals surface area contributed by atoms with Gasteiger partial charge in [-0.15, -0.1) is 0 Å². The summed E-state index contributed by atoms with van der Waals surface area (Å²) in [5.74, 6) is 0.327. The number of carbonyl (C=O) groups is 2. The normalized spacial score (nSPS) is 11.2. The van der Waals surface area contributed by atoms with Crippen LogP contribution in [-0.4, -0.2) is 11.9 Å². The monoisotopic (exact) mass is 480 g/mol. The van der Waals surface area contributed by atoms with E-state index in [0.717, 1.165) is 11.1 Å². The van der Waals surface area contributed by atoms with Crippen LogP contribution in [0.25, 0.3) is 0 Å². The number of hydrogen-bond donors (Lipinski definition) is 4. The van der Waals surface area contributed by atoms with Gasteiger partial charge in [0.1, 0.15) is 18.4 Å². The van der Waals surface area contributed by atoms with E-state index < -0.39 is 12.1 Å². The molecular weight excluding hydrogens is 452 g/mol. The highest BCUT2D eigenvalue weighted by Crippen LogP contribution is 2.19. The molecule has 0 fully saturated rings. The average Bonchev–Trinajstić information content (AvgIpc) is 2.93. The molecule has 0 aliphatic carbocycles. The van der Waals surface area contributed by atoms with Gasteiger partial charge in [-0.2, -0.15) is 0 Å². The third-order valence-corrected chi connectivity index (χ3v) is 5.49. The number of anilines is 2. The van der Waals surface area contributed by atoms with Gasteiger partial charge in [-0.3, -0.25) is 4.79 Å². The lowest BCUT2D eigenvalue weighted by atomic mass is 10.1. The van der Waals surface area contributed by atoms with Crippen molar-refractivity contribution in [1.82, 2.24) is 5.32 Å². The smallest absolute Gasteiger partial charge is 0.320 e. The van der Waals surface area contributed by atoms with Gasteiger partial charge in [-0.1, -0.05) is 72.8 Å². The maximum atomic E-state index is 13.1. The lowest BCUT2D eigenvalue weighted by Crippen LogP contribution is -2.39. The van der Waals surface area contributed by atoms with Gasteiger partial charge in [-0.05, 0) is 53.1 Å². The van der Waals surface area contributed by atoms with Crippen molar-refractivity contribution in [2.24, 2.45) is 5.73 Å². The maximum absolute atomic E-state index is 13.1. The minimum atomic E-state index is -0.895. The zero-order valence-corrected chi connectivity index (χ0v) is 19.7. The van der Waals surface area contributed by atoms with Crippen LogP contribution in [-0.2, 0) is 17.9 Å². The van der Waals surface area contributed by atoms with Crippen molar-refractivity contribution in [3.8, 4) is 5.75 Å². The standard InChI is InChI=1S/C29H28N4O3/c30-19-21-11-13-24(14-12-21)31-28(34)27(23-9-5-2-6-10-23)33-29(35)32-25-15-17-26(18-16-25)36-20-22-7-3-1-4-8-22/h1-18,27H,19-20,30H2,(H,31,34)(H2,32,33,35). The van der Waals surface area contributed by atoms with Crippen molar-refractivity contribution >= 4 is 23.3 Å². The number of carbonyl (C=O) groups excluding carboxylic acids is 2. The number of amides is 3. The van der Waals surface area contributed by atoms with E-state index in [1.807, 2.05) is 60.7 Å². The molecule has 0 bridgehead atoms. The van der Waals surface area contributed by atoms with Gasteiger partial charge in [0, 0.05) is 17.9 Å². The number of benzene rings is 4. The molecule has 36 heavy (non-hydrogen) atoms. The van der Waals surface area contributed by atoms with Crippen molar-refractivity contribution in [2.75, 3.05) is 10.6 Å². The SMILES string of the molecule is NCc1ccc(NC(=O)C(NC(=O)Nc2ccc(OCc3ccccc3)cc2)c2ccccc2)cc1. The summed E-state index contributed by atoms with van der Waals surface area (Å²) in [5, 5.41) is 8.41. The van der Waals surface area contributed by atoms with E-state index in [9.17, 15) is 9.59 Å². The van der Waals surface area contributed by atoms with Crippen LogP contribution in [0.4, 0.5) is 16.2 Å². The molecule has 5 N–H and O–H groups in total. The van der Waals surface area contributed by atoms with Crippen molar-refractivity contribution in [1.29, 1.82) is 0 Å². The molecule has 4 rings (SSSR count). The molecule has 7 heteroatoms. The summed E-state index contributed by atoms with van der Waals surface area (Å²) in [7, 11) is 0. The fraction of sp³-hybridized carbons (Fsp3) is 0.103. The first kappa shape index (κ1) is 24.5. The molecule has 0 saturated heterocycles. The number of rotatable bonds is 9. The Morgan fingerprint density at radius 3 is 1.92 bits per heavy atom. The van der Waals surface area contributed by atoms with Gasteiger partial charge >= 0.3 is 6.03 Å². The van der Waals surface area contributed by atoms with E-state index in [0.29, 0.717) is 35.8 Å². The molecule has 0 saturated carbocycles. The van der Waals surface area contributed by atoms with Crippen LogP contribution >= 0.6 is 0 Å². The third-order valence-electron chi connectivity index (χ3n) is 5.49.